The summed E-state index contributed by atoms with van der Waals surface area (Å²) < 4.78 is 1.52. The van der Waals surface area contributed by atoms with Gasteiger partial charge < -0.3 is 0 Å². The van der Waals surface area contributed by atoms with Crippen LogP contribution in [0.25, 0.3) is 12.2 Å². The number of hydrogen-bond acceptors (Lipinski definition) is 0. The van der Waals surface area contributed by atoms with Crippen molar-refractivity contribution in [2.45, 2.75) is 13.8 Å². The zero-order valence-electron chi connectivity index (χ0n) is 7.37. The summed E-state index contributed by atoms with van der Waals surface area (Å²) in [6, 6.07) is 2.23. The third-order valence-electron chi connectivity index (χ3n) is 2.08. The SMILES string of the molecule is CC1(C)C=Cc2cc[se]c2C=C1. The first-order chi connectivity index (χ1) is 5.67. The summed E-state index contributed by atoms with van der Waals surface area (Å²) in [6.07, 6.45) is 9.11. The number of rotatable bonds is 0. The van der Waals surface area contributed by atoms with Gasteiger partial charge in [0.25, 0.3) is 0 Å². The van der Waals surface area contributed by atoms with Crippen LogP contribution in [0.15, 0.2) is 23.2 Å². The van der Waals surface area contributed by atoms with Crippen molar-refractivity contribution < 1.29 is 0 Å². The van der Waals surface area contributed by atoms with Crippen molar-refractivity contribution in [3.63, 3.8) is 0 Å². The summed E-state index contributed by atoms with van der Waals surface area (Å²) in [7, 11) is 0. The molecule has 0 amide bonds. The Bertz CT molecular complexity index is 309. The summed E-state index contributed by atoms with van der Waals surface area (Å²) in [6.45, 7) is 4.47. The molecule has 1 heterocycles. The first kappa shape index (κ1) is 8.09. The van der Waals surface area contributed by atoms with Crippen molar-refractivity contribution in [2.75, 3.05) is 0 Å². The molecular formula is C11H12Se. The van der Waals surface area contributed by atoms with E-state index in [1.165, 1.54) is 10.0 Å². The molecule has 0 atom stereocenters. The Labute approximate surface area is 79.4 Å². The molecule has 0 aromatic carbocycles. The van der Waals surface area contributed by atoms with Crippen LogP contribution in [0.3, 0.4) is 0 Å². The summed E-state index contributed by atoms with van der Waals surface area (Å²) in [5.74, 6) is 0. The molecule has 0 spiro atoms. The summed E-state index contributed by atoms with van der Waals surface area (Å²) >= 11 is 0.580. The van der Waals surface area contributed by atoms with Gasteiger partial charge in [0.05, 0.1) is 0 Å². The van der Waals surface area contributed by atoms with Gasteiger partial charge in [-0.15, -0.1) is 0 Å². The summed E-state index contributed by atoms with van der Waals surface area (Å²) in [4.78, 5) is 2.28. The molecule has 0 aliphatic heterocycles. The molecule has 62 valence electrons. The molecule has 0 saturated heterocycles. The van der Waals surface area contributed by atoms with E-state index in [9.17, 15) is 0 Å². The third-order valence-corrected chi connectivity index (χ3v) is 3.97. The molecule has 0 nitrogen and oxygen atoms in total. The maximum atomic E-state index is 2.29. The van der Waals surface area contributed by atoms with E-state index in [1.54, 1.807) is 0 Å². The van der Waals surface area contributed by atoms with Crippen LogP contribution >= 0.6 is 0 Å². The Morgan fingerprint density at radius 1 is 1.17 bits per heavy atom. The molecule has 0 radical (unpaired) electrons. The zero-order chi connectivity index (χ0) is 8.60. The molecule has 0 unspecified atom stereocenters. The van der Waals surface area contributed by atoms with E-state index in [1.807, 2.05) is 0 Å². The Balaban J connectivity index is 2.49. The van der Waals surface area contributed by atoms with E-state index in [0.717, 1.165) is 0 Å². The molecule has 1 aliphatic carbocycles. The summed E-state index contributed by atoms with van der Waals surface area (Å²) in [5.41, 5.74) is 1.64. The second-order valence-corrected chi connectivity index (χ2v) is 5.72. The van der Waals surface area contributed by atoms with Gasteiger partial charge in [-0.1, -0.05) is 0 Å². The Morgan fingerprint density at radius 2 is 1.92 bits per heavy atom. The van der Waals surface area contributed by atoms with E-state index in [-0.39, 0.29) is 5.41 Å². The fraction of sp³-hybridized carbons (Fsp3) is 0.273. The van der Waals surface area contributed by atoms with Crippen LogP contribution in [0.5, 0.6) is 0 Å². The topological polar surface area (TPSA) is 0 Å². The van der Waals surface area contributed by atoms with Crippen LogP contribution in [-0.4, -0.2) is 14.5 Å². The monoisotopic (exact) mass is 224 g/mol. The van der Waals surface area contributed by atoms with Crippen molar-refractivity contribution in [1.82, 2.24) is 0 Å². The van der Waals surface area contributed by atoms with Crippen molar-refractivity contribution in [2.24, 2.45) is 5.41 Å². The standard InChI is InChI=1S/C11H12Se/c1-11(2)6-3-9-5-8-12-10(9)4-7-11/h3-8H,1-2H3. The van der Waals surface area contributed by atoms with Gasteiger partial charge in [0, 0.05) is 0 Å². The Kier molecular flexibility index (Phi) is 1.86. The van der Waals surface area contributed by atoms with Crippen LogP contribution in [-0.2, 0) is 0 Å². The van der Waals surface area contributed by atoms with Crippen molar-refractivity contribution in [3.8, 4) is 0 Å². The molecule has 0 fully saturated rings. The molecule has 12 heavy (non-hydrogen) atoms. The summed E-state index contributed by atoms with van der Waals surface area (Å²) in [5, 5.41) is 0. The zero-order valence-corrected chi connectivity index (χ0v) is 9.09. The third kappa shape index (κ3) is 1.48. The minimum absolute atomic E-state index is 0.230. The van der Waals surface area contributed by atoms with Crippen molar-refractivity contribution in [3.05, 3.63) is 33.2 Å². The fourth-order valence-corrected chi connectivity index (χ4v) is 2.89. The van der Waals surface area contributed by atoms with Gasteiger partial charge >= 0.3 is 79.1 Å². The van der Waals surface area contributed by atoms with E-state index in [2.05, 4.69) is 49.2 Å². The normalized spacial score (nSPS) is 18.8. The number of hydrogen-bond donors (Lipinski definition) is 0. The van der Waals surface area contributed by atoms with Crippen LogP contribution in [0.1, 0.15) is 23.8 Å². The molecule has 1 heteroatoms. The van der Waals surface area contributed by atoms with Crippen molar-refractivity contribution >= 4 is 26.7 Å². The maximum absolute atomic E-state index is 2.29. The van der Waals surface area contributed by atoms with Gasteiger partial charge in [-0.2, -0.15) is 0 Å². The van der Waals surface area contributed by atoms with Gasteiger partial charge in [0.15, 0.2) is 0 Å². The fourth-order valence-electron chi connectivity index (χ4n) is 1.25. The molecule has 0 bridgehead atoms. The number of allylic oxidation sites excluding steroid dienone is 2. The van der Waals surface area contributed by atoms with E-state index < -0.39 is 0 Å². The van der Waals surface area contributed by atoms with Gasteiger partial charge in [-0.25, -0.2) is 0 Å². The van der Waals surface area contributed by atoms with Crippen LogP contribution in [0.4, 0.5) is 0 Å². The van der Waals surface area contributed by atoms with Gasteiger partial charge in [-0.3, -0.25) is 0 Å². The predicted molar refractivity (Wildman–Crippen MR) is 55.2 cm³/mol. The van der Waals surface area contributed by atoms with Gasteiger partial charge in [0.1, 0.15) is 0 Å². The predicted octanol–water partition coefficient (Wildman–Crippen LogP) is 2.81. The molecule has 0 saturated carbocycles. The number of fused-ring (bicyclic) bond motifs is 1. The van der Waals surface area contributed by atoms with Gasteiger partial charge in [0.2, 0.25) is 0 Å². The molecule has 2 rings (SSSR count). The second-order valence-electron chi connectivity index (χ2n) is 3.73. The Hall–Kier alpha value is -0.521. The first-order valence-corrected chi connectivity index (χ1v) is 5.98. The molecule has 0 N–H and O–H groups in total. The molecular weight excluding hydrogens is 211 g/mol. The van der Waals surface area contributed by atoms with Crippen LogP contribution in [0.2, 0.25) is 0 Å². The van der Waals surface area contributed by atoms with Gasteiger partial charge in [-0.05, 0) is 0 Å². The van der Waals surface area contributed by atoms with E-state index >= 15 is 0 Å². The molecule has 1 aromatic heterocycles. The average molecular weight is 223 g/mol. The van der Waals surface area contributed by atoms with E-state index in [0.29, 0.717) is 14.5 Å². The van der Waals surface area contributed by atoms with E-state index in [4.69, 9.17) is 0 Å². The average Bonchev–Trinajstić information content (AvgIpc) is 2.40. The Morgan fingerprint density at radius 3 is 2.75 bits per heavy atom. The van der Waals surface area contributed by atoms with Crippen LogP contribution < -0.4 is 0 Å². The van der Waals surface area contributed by atoms with Crippen LogP contribution in [0, 0.1) is 5.41 Å². The molecule has 1 aliphatic rings. The second kappa shape index (κ2) is 2.76. The first-order valence-electron chi connectivity index (χ1n) is 4.13. The molecule has 1 aromatic rings. The minimum atomic E-state index is 0.230. The quantitative estimate of drug-likeness (QED) is 0.593. The van der Waals surface area contributed by atoms with Crippen molar-refractivity contribution in [1.29, 1.82) is 0 Å².